The van der Waals surface area contributed by atoms with E-state index in [9.17, 15) is 0 Å². The second kappa shape index (κ2) is 2.71. The van der Waals surface area contributed by atoms with Crippen LogP contribution in [0.2, 0.25) is 0 Å². The first-order chi connectivity index (χ1) is 5.64. The number of nitrogens with zero attached hydrogens (tertiary/aromatic N) is 1. The second-order valence-electron chi connectivity index (χ2n) is 4.78. The Hall–Kier alpha value is -0.0800. The highest BCUT2D eigenvalue weighted by molar-refractivity contribution is 5.01. The topological polar surface area (TPSA) is 12.5 Å². The number of rotatable bonds is 1. The maximum absolute atomic E-state index is 5.52. The molecule has 70 valence electrons. The molecule has 0 aromatic rings. The van der Waals surface area contributed by atoms with Crippen LogP contribution in [0.5, 0.6) is 0 Å². The fourth-order valence-corrected chi connectivity index (χ4v) is 2.29. The highest BCUT2D eigenvalue weighted by atomic mass is 16.5. The number of hydrogen-bond acceptors (Lipinski definition) is 2. The Morgan fingerprint density at radius 3 is 2.50 bits per heavy atom. The number of hydrogen-bond donors (Lipinski definition) is 0. The predicted molar refractivity (Wildman–Crippen MR) is 49.1 cm³/mol. The predicted octanol–water partition coefficient (Wildman–Crippen LogP) is 1.36. The quantitative estimate of drug-likeness (QED) is 0.587. The van der Waals surface area contributed by atoms with Gasteiger partial charge in [0.2, 0.25) is 0 Å². The molecule has 2 aliphatic heterocycles. The molecule has 0 aromatic heterocycles. The molecular weight excluding hydrogens is 150 g/mol. The van der Waals surface area contributed by atoms with Crippen molar-refractivity contribution in [3.63, 3.8) is 0 Å². The molecule has 0 radical (unpaired) electrons. The van der Waals surface area contributed by atoms with Crippen LogP contribution in [0.25, 0.3) is 0 Å². The van der Waals surface area contributed by atoms with E-state index in [-0.39, 0.29) is 0 Å². The zero-order chi connectivity index (χ0) is 8.77. The van der Waals surface area contributed by atoms with Crippen LogP contribution in [-0.2, 0) is 4.74 Å². The molecule has 0 aromatic carbocycles. The Kier molecular flexibility index (Phi) is 1.92. The van der Waals surface area contributed by atoms with Gasteiger partial charge in [0.15, 0.2) is 0 Å². The average Bonchev–Trinajstić information content (AvgIpc) is 2.26. The van der Waals surface area contributed by atoms with Crippen LogP contribution in [0.4, 0.5) is 0 Å². The fourth-order valence-electron chi connectivity index (χ4n) is 2.29. The summed E-state index contributed by atoms with van der Waals surface area (Å²) in [6.45, 7) is 11.4. The van der Waals surface area contributed by atoms with Gasteiger partial charge in [0.25, 0.3) is 0 Å². The van der Waals surface area contributed by atoms with Gasteiger partial charge in [0.05, 0.1) is 6.61 Å². The van der Waals surface area contributed by atoms with Gasteiger partial charge < -0.3 is 4.74 Å². The maximum atomic E-state index is 5.52. The summed E-state index contributed by atoms with van der Waals surface area (Å²) in [5.74, 6) is 0.771. The SMILES string of the molecule is CC(C)N1CC2(COCC2C)C1. The zero-order valence-electron chi connectivity index (χ0n) is 8.34. The van der Waals surface area contributed by atoms with Gasteiger partial charge in [0.1, 0.15) is 0 Å². The van der Waals surface area contributed by atoms with Crippen LogP contribution >= 0.6 is 0 Å². The van der Waals surface area contributed by atoms with E-state index in [0.717, 1.165) is 19.1 Å². The highest BCUT2D eigenvalue weighted by Gasteiger charge is 2.50. The molecule has 0 aliphatic carbocycles. The summed E-state index contributed by atoms with van der Waals surface area (Å²) in [5.41, 5.74) is 0.532. The van der Waals surface area contributed by atoms with Gasteiger partial charge in [-0.05, 0) is 19.8 Å². The first kappa shape index (κ1) is 8.52. The summed E-state index contributed by atoms with van der Waals surface area (Å²) in [6.07, 6.45) is 0. The average molecular weight is 169 g/mol. The van der Waals surface area contributed by atoms with Crippen molar-refractivity contribution in [3.05, 3.63) is 0 Å². The molecule has 12 heavy (non-hydrogen) atoms. The van der Waals surface area contributed by atoms with Crippen molar-refractivity contribution in [3.8, 4) is 0 Å². The molecule has 2 heterocycles. The van der Waals surface area contributed by atoms with E-state index < -0.39 is 0 Å². The van der Waals surface area contributed by atoms with E-state index in [0.29, 0.717) is 11.5 Å². The summed E-state index contributed by atoms with van der Waals surface area (Å²) < 4.78 is 5.52. The van der Waals surface area contributed by atoms with Gasteiger partial charge in [-0.1, -0.05) is 6.92 Å². The lowest BCUT2D eigenvalue weighted by molar-refractivity contribution is -0.0448. The van der Waals surface area contributed by atoms with Gasteiger partial charge in [-0.3, -0.25) is 4.90 Å². The third-order valence-corrected chi connectivity index (χ3v) is 3.57. The molecule has 1 unspecified atom stereocenters. The Morgan fingerprint density at radius 2 is 2.08 bits per heavy atom. The van der Waals surface area contributed by atoms with Crippen LogP contribution in [0, 0.1) is 11.3 Å². The van der Waals surface area contributed by atoms with Crippen molar-refractivity contribution in [2.75, 3.05) is 26.3 Å². The van der Waals surface area contributed by atoms with Gasteiger partial charge in [0, 0.05) is 31.2 Å². The van der Waals surface area contributed by atoms with Crippen LogP contribution < -0.4 is 0 Å². The van der Waals surface area contributed by atoms with Gasteiger partial charge >= 0.3 is 0 Å². The summed E-state index contributed by atoms with van der Waals surface area (Å²) >= 11 is 0. The first-order valence-electron chi connectivity index (χ1n) is 4.96. The Bertz CT molecular complexity index is 173. The Labute approximate surface area is 74.9 Å². The fraction of sp³-hybridized carbons (Fsp3) is 1.00. The van der Waals surface area contributed by atoms with Crippen molar-refractivity contribution < 1.29 is 4.74 Å². The molecule has 2 fully saturated rings. The first-order valence-corrected chi connectivity index (χ1v) is 4.96. The van der Waals surface area contributed by atoms with Crippen LogP contribution in [-0.4, -0.2) is 37.2 Å². The van der Waals surface area contributed by atoms with E-state index in [4.69, 9.17) is 4.74 Å². The smallest absolute Gasteiger partial charge is 0.0550 e. The second-order valence-corrected chi connectivity index (χ2v) is 4.78. The molecule has 0 bridgehead atoms. The van der Waals surface area contributed by atoms with Gasteiger partial charge in [-0.25, -0.2) is 0 Å². The molecule has 0 saturated carbocycles. The Balaban J connectivity index is 1.93. The number of likely N-dealkylation sites (tertiary alicyclic amines) is 1. The molecule has 1 atom stereocenters. The van der Waals surface area contributed by atoms with E-state index in [1.54, 1.807) is 0 Å². The molecule has 0 amide bonds. The molecule has 2 aliphatic rings. The third kappa shape index (κ3) is 1.09. The van der Waals surface area contributed by atoms with Gasteiger partial charge in [-0.15, -0.1) is 0 Å². The lowest BCUT2D eigenvalue weighted by Gasteiger charge is -2.51. The normalized spacial score (nSPS) is 34.5. The van der Waals surface area contributed by atoms with E-state index in [2.05, 4.69) is 25.7 Å². The van der Waals surface area contributed by atoms with Crippen LogP contribution in [0.1, 0.15) is 20.8 Å². The highest BCUT2D eigenvalue weighted by Crippen LogP contribution is 2.43. The van der Waals surface area contributed by atoms with Crippen molar-refractivity contribution in [2.45, 2.75) is 26.8 Å². The summed E-state index contributed by atoms with van der Waals surface area (Å²) in [7, 11) is 0. The third-order valence-electron chi connectivity index (χ3n) is 3.57. The van der Waals surface area contributed by atoms with Crippen molar-refractivity contribution in [1.82, 2.24) is 4.90 Å². The lowest BCUT2D eigenvalue weighted by Crippen LogP contribution is -2.61. The van der Waals surface area contributed by atoms with Crippen molar-refractivity contribution >= 4 is 0 Å². The standard InChI is InChI=1S/C10H19NO/c1-8(2)11-5-10(6-11)7-12-4-9(10)3/h8-9H,4-7H2,1-3H3. The van der Waals surface area contributed by atoms with Crippen LogP contribution in [0.15, 0.2) is 0 Å². The maximum Gasteiger partial charge on any atom is 0.0550 e. The monoisotopic (exact) mass is 169 g/mol. The van der Waals surface area contributed by atoms with Crippen molar-refractivity contribution in [2.24, 2.45) is 11.3 Å². The zero-order valence-corrected chi connectivity index (χ0v) is 8.34. The van der Waals surface area contributed by atoms with E-state index in [1.807, 2.05) is 0 Å². The molecule has 0 N–H and O–H groups in total. The molecular formula is C10H19NO. The van der Waals surface area contributed by atoms with Crippen molar-refractivity contribution in [1.29, 1.82) is 0 Å². The lowest BCUT2D eigenvalue weighted by atomic mass is 9.72. The summed E-state index contributed by atoms with van der Waals surface area (Å²) in [5, 5.41) is 0. The summed E-state index contributed by atoms with van der Waals surface area (Å²) in [6, 6.07) is 0.712. The van der Waals surface area contributed by atoms with Gasteiger partial charge in [-0.2, -0.15) is 0 Å². The number of ether oxygens (including phenoxy) is 1. The minimum atomic E-state index is 0.532. The minimum Gasteiger partial charge on any atom is -0.380 e. The molecule has 2 heteroatoms. The molecule has 2 saturated heterocycles. The molecule has 2 rings (SSSR count). The van der Waals surface area contributed by atoms with Crippen LogP contribution in [0.3, 0.4) is 0 Å². The molecule has 2 nitrogen and oxygen atoms in total. The molecule has 1 spiro atoms. The van der Waals surface area contributed by atoms with E-state index >= 15 is 0 Å². The summed E-state index contributed by atoms with van der Waals surface area (Å²) in [4.78, 5) is 2.53. The Morgan fingerprint density at radius 1 is 1.42 bits per heavy atom. The minimum absolute atomic E-state index is 0.532. The van der Waals surface area contributed by atoms with E-state index in [1.165, 1.54) is 13.1 Å². The largest absolute Gasteiger partial charge is 0.380 e.